The zero-order chi connectivity index (χ0) is 14.2. The van der Waals surface area contributed by atoms with Crippen LogP contribution in [0.15, 0.2) is 23.4 Å². The summed E-state index contributed by atoms with van der Waals surface area (Å²) in [4.78, 5) is 0. The van der Waals surface area contributed by atoms with Crippen molar-refractivity contribution < 1.29 is 0 Å². The maximum atomic E-state index is 3.33. The molecule has 1 heteroatoms. The summed E-state index contributed by atoms with van der Waals surface area (Å²) in [6.45, 7) is 16.9. The molecule has 0 bridgehead atoms. The lowest BCUT2D eigenvalue weighted by Gasteiger charge is -2.32. The fourth-order valence-electron chi connectivity index (χ4n) is 2.20. The van der Waals surface area contributed by atoms with E-state index in [4.69, 9.17) is 0 Å². The molecule has 0 aromatic heterocycles. The van der Waals surface area contributed by atoms with Crippen LogP contribution in [0.5, 0.6) is 0 Å². The van der Waals surface area contributed by atoms with Gasteiger partial charge in [-0.3, -0.25) is 0 Å². The lowest BCUT2D eigenvalue weighted by atomic mass is 9.73. The molecule has 0 spiro atoms. The Morgan fingerprint density at radius 3 is 2.28 bits per heavy atom. The minimum Gasteiger partial charge on any atom is -0.389 e. The number of hydrogen-bond donors (Lipinski definition) is 1. The summed E-state index contributed by atoms with van der Waals surface area (Å²) in [6, 6.07) is 0. The summed E-state index contributed by atoms with van der Waals surface area (Å²) in [6.07, 6.45) is 8.41. The van der Waals surface area contributed by atoms with E-state index in [0.29, 0.717) is 11.3 Å². The van der Waals surface area contributed by atoms with Crippen molar-refractivity contribution in [1.29, 1.82) is 0 Å². The average Bonchev–Trinajstić information content (AvgIpc) is 2.33. The minimum absolute atomic E-state index is 0.399. The molecule has 0 aliphatic carbocycles. The molecule has 0 aromatic rings. The summed E-state index contributed by atoms with van der Waals surface area (Å²) in [5.74, 6) is 0.634. The van der Waals surface area contributed by atoms with Crippen molar-refractivity contribution in [2.75, 3.05) is 6.54 Å². The molecule has 106 valence electrons. The third-order valence-corrected chi connectivity index (χ3v) is 4.08. The molecule has 1 N–H and O–H groups in total. The maximum Gasteiger partial charge on any atom is 0.0115 e. The first-order chi connectivity index (χ1) is 8.35. The van der Waals surface area contributed by atoms with Crippen LogP contribution >= 0.6 is 0 Å². The average molecular weight is 251 g/mol. The van der Waals surface area contributed by atoms with Crippen LogP contribution in [-0.4, -0.2) is 6.54 Å². The Labute approximate surface area is 115 Å². The molecule has 0 amide bonds. The van der Waals surface area contributed by atoms with E-state index in [2.05, 4.69) is 65.9 Å². The molecule has 0 aliphatic rings. The fourth-order valence-corrected chi connectivity index (χ4v) is 2.20. The van der Waals surface area contributed by atoms with E-state index in [1.807, 2.05) is 0 Å². The summed E-state index contributed by atoms with van der Waals surface area (Å²) in [5, 5.41) is 3.33. The second-order valence-electron chi connectivity index (χ2n) is 6.10. The molecule has 0 rings (SSSR count). The first-order valence-electron chi connectivity index (χ1n) is 7.44. The highest BCUT2D eigenvalue weighted by Crippen LogP contribution is 2.36. The summed E-state index contributed by atoms with van der Waals surface area (Å²) in [7, 11) is 0. The van der Waals surface area contributed by atoms with Crippen LogP contribution in [0.3, 0.4) is 0 Å². The van der Waals surface area contributed by atoms with Crippen molar-refractivity contribution in [2.24, 2.45) is 11.3 Å². The van der Waals surface area contributed by atoms with Gasteiger partial charge < -0.3 is 5.32 Å². The van der Waals surface area contributed by atoms with Gasteiger partial charge in [0.2, 0.25) is 0 Å². The van der Waals surface area contributed by atoms with Gasteiger partial charge in [-0.2, -0.15) is 0 Å². The zero-order valence-corrected chi connectivity index (χ0v) is 13.6. The molecule has 1 atom stereocenters. The normalized spacial score (nSPS) is 15.7. The Bertz CT molecular complexity index is 284. The SMILES string of the molecule is CCCCC(C)(C)C(C)/C(C)=C/C=C(\C)NCC. The van der Waals surface area contributed by atoms with Crippen molar-refractivity contribution in [3.63, 3.8) is 0 Å². The van der Waals surface area contributed by atoms with Gasteiger partial charge in [0.15, 0.2) is 0 Å². The largest absolute Gasteiger partial charge is 0.389 e. The zero-order valence-electron chi connectivity index (χ0n) is 13.6. The van der Waals surface area contributed by atoms with E-state index in [1.165, 1.54) is 30.5 Å². The molecule has 0 radical (unpaired) electrons. The second kappa shape index (κ2) is 8.39. The number of nitrogens with one attached hydrogen (secondary N) is 1. The highest BCUT2D eigenvalue weighted by molar-refractivity contribution is 5.17. The lowest BCUT2D eigenvalue weighted by Crippen LogP contribution is -2.22. The molecular weight excluding hydrogens is 218 g/mol. The molecule has 0 fully saturated rings. The Balaban J connectivity index is 4.61. The highest BCUT2D eigenvalue weighted by Gasteiger charge is 2.25. The van der Waals surface area contributed by atoms with Crippen LogP contribution in [0.4, 0.5) is 0 Å². The second-order valence-corrected chi connectivity index (χ2v) is 6.10. The van der Waals surface area contributed by atoms with Crippen LogP contribution in [0, 0.1) is 11.3 Å². The van der Waals surface area contributed by atoms with E-state index >= 15 is 0 Å². The number of rotatable bonds is 8. The molecule has 0 heterocycles. The molecule has 1 unspecified atom stereocenters. The van der Waals surface area contributed by atoms with Crippen LogP contribution in [0.2, 0.25) is 0 Å². The van der Waals surface area contributed by atoms with Gasteiger partial charge in [-0.1, -0.05) is 52.2 Å². The van der Waals surface area contributed by atoms with Gasteiger partial charge in [0.1, 0.15) is 0 Å². The van der Waals surface area contributed by atoms with Crippen molar-refractivity contribution >= 4 is 0 Å². The van der Waals surface area contributed by atoms with Crippen LogP contribution in [-0.2, 0) is 0 Å². The van der Waals surface area contributed by atoms with Gasteiger partial charge in [0.05, 0.1) is 0 Å². The van der Waals surface area contributed by atoms with Crippen LogP contribution in [0.25, 0.3) is 0 Å². The molecular formula is C17H33N. The molecule has 0 saturated heterocycles. The van der Waals surface area contributed by atoms with Crippen molar-refractivity contribution in [3.05, 3.63) is 23.4 Å². The smallest absolute Gasteiger partial charge is 0.0115 e. The monoisotopic (exact) mass is 251 g/mol. The van der Waals surface area contributed by atoms with Gasteiger partial charge in [-0.15, -0.1) is 0 Å². The molecule has 0 aliphatic heterocycles. The maximum absolute atomic E-state index is 3.33. The van der Waals surface area contributed by atoms with E-state index < -0.39 is 0 Å². The summed E-state index contributed by atoms with van der Waals surface area (Å²) in [5.41, 5.74) is 3.13. The Morgan fingerprint density at radius 1 is 1.17 bits per heavy atom. The minimum atomic E-state index is 0.399. The Morgan fingerprint density at radius 2 is 1.78 bits per heavy atom. The summed E-state index contributed by atoms with van der Waals surface area (Å²) >= 11 is 0. The van der Waals surface area contributed by atoms with Crippen molar-refractivity contribution in [1.82, 2.24) is 5.32 Å². The van der Waals surface area contributed by atoms with Gasteiger partial charge in [0, 0.05) is 12.2 Å². The van der Waals surface area contributed by atoms with E-state index in [9.17, 15) is 0 Å². The highest BCUT2D eigenvalue weighted by atomic mass is 14.8. The van der Waals surface area contributed by atoms with Crippen molar-refractivity contribution in [2.45, 2.75) is 67.7 Å². The predicted molar refractivity (Wildman–Crippen MR) is 83.7 cm³/mol. The van der Waals surface area contributed by atoms with E-state index in [0.717, 1.165) is 6.54 Å². The van der Waals surface area contributed by atoms with Crippen LogP contribution in [0.1, 0.15) is 67.7 Å². The molecule has 18 heavy (non-hydrogen) atoms. The standard InChI is InChI=1S/C17H33N/c1-8-10-13-17(6,7)16(5)14(3)11-12-15(4)18-9-2/h11-12,16,18H,8-10,13H2,1-7H3/b14-11+,15-12+. The van der Waals surface area contributed by atoms with E-state index in [-0.39, 0.29) is 0 Å². The topological polar surface area (TPSA) is 12.0 Å². The Hall–Kier alpha value is -0.720. The molecule has 1 nitrogen and oxygen atoms in total. The van der Waals surface area contributed by atoms with Gasteiger partial charge in [-0.05, 0) is 44.6 Å². The third kappa shape index (κ3) is 6.28. The van der Waals surface area contributed by atoms with Crippen molar-refractivity contribution in [3.8, 4) is 0 Å². The molecule has 0 saturated carbocycles. The van der Waals surface area contributed by atoms with Gasteiger partial charge in [0.25, 0.3) is 0 Å². The quantitative estimate of drug-likeness (QED) is 0.577. The Kier molecular flexibility index (Phi) is 8.06. The first kappa shape index (κ1) is 17.3. The van der Waals surface area contributed by atoms with E-state index in [1.54, 1.807) is 0 Å². The number of hydrogen-bond acceptors (Lipinski definition) is 1. The number of allylic oxidation sites excluding steroid dienone is 4. The van der Waals surface area contributed by atoms with Gasteiger partial charge >= 0.3 is 0 Å². The van der Waals surface area contributed by atoms with Gasteiger partial charge in [-0.25, -0.2) is 0 Å². The van der Waals surface area contributed by atoms with Crippen LogP contribution < -0.4 is 5.32 Å². The lowest BCUT2D eigenvalue weighted by molar-refractivity contribution is 0.236. The third-order valence-electron chi connectivity index (χ3n) is 4.08. The fraction of sp³-hybridized carbons (Fsp3) is 0.765. The number of unbranched alkanes of at least 4 members (excludes halogenated alkanes) is 1. The first-order valence-corrected chi connectivity index (χ1v) is 7.44. The predicted octanol–water partition coefficient (Wildman–Crippen LogP) is 5.30. The summed E-state index contributed by atoms with van der Waals surface area (Å²) < 4.78 is 0. The molecule has 0 aromatic carbocycles.